The fourth-order valence-corrected chi connectivity index (χ4v) is 3.82. The first-order valence-electron chi connectivity index (χ1n) is 9.28. The van der Waals surface area contributed by atoms with Crippen LogP contribution in [0.3, 0.4) is 0 Å². The quantitative estimate of drug-likeness (QED) is 0.745. The van der Waals surface area contributed by atoms with Crippen LogP contribution in [-0.4, -0.2) is 39.9 Å². The van der Waals surface area contributed by atoms with Gasteiger partial charge >= 0.3 is 0 Å². The molecule has 3 aromatic heterocycles. The smallest absolute Gasteiger partial charge is 0.259 e. The molecule has 4 rings (SSSR count). The van der Waals surface area contributed by atoms with Crippen LogP contribution in [0.15, 0.2) is 21.1 Å². The Morgan fingerprint density at radius 2 is 1.89 bits per heavy atom. The van der Waals surface area contributed by atoms with Crippen molar-refractivity contribution < 1.29 is 18.5 Å². The SMILES string of the molecule is Cc1cc(-c2cc(C(=O)N3CCC(C(N)=O)CC3)c3c(C)noc3n2)c(C)o1. The summed E-state index contributed by atoms with van der Waals surface area (Å²) in [5.41, 5.74) is 8.25. The van der Waals surface area contributed by atoms with Gasteiger partial charge in [0.1, 0.15) is 11.5 Å². The normalized spacial score (nSPS) is 15.3. The number of hydrogen-bond acceptors (Lipinski definition) is 6. The number of nitrogens with two attached hydrogens (primary N) is 1. The summed E-state index contributed by atoms with van der Waals surface area (Å²) in [7, 11) is 0. The predicted molar refractivity (Wildman–Crippen MR) is 102 cm³/mol. The van der Waals surface area contributed by atoms with E-state index in [-0.39, 0.29) is 17.7 Å². The molecular weight excluding hydrogens is 360 g/mol. The molecule has 0 aromatic carbocycles. The lowest BCUT2D eigenvalue weighted by atomic mass is 9.95. The molecule has 8 nitrogen and oxygen atoms in total. The number of nitrogens with zero attached hydrogens (tertiary/aromatic N) is 3. The number of amides is 2. The van der Waals surface area contributed by atoms with Gasteiger partial charge in [0.25, 0.3) is 11.6 Å². The van der Waals surface area contributed by atoms with E-state index < -0.39 is 0 Å². The Labute approximate surface area is 161 Å². The van der Waals surface area contributed by atoms with Gasteiger partial charge in [-0.3, -0.25) is 9.59 Å². The second-order valence-corrected chi connectivity index (χ2v) is 7.30. The largest absolute Gasteiger partial charge is 0.466 e. The number of furan rings is 1. The van der Waals surface area contributed by atoms with Crippen LogP contribution in [0, 0.1) is 26.7 Å². The predicted octanol–water partition coefficient (Wildman–Crippen LogP) is 2.75. The fraction of sp³-hybridized carbons (Fsp3) is 0.400. The third-order valence-corrected chi connectivity index (χ3v) is 5.35. The standard InChI is InChI=1S/C20H22N4O4/c1-10-8-14(12(3)27-10)16-9-15(17-11(2)23-28-19(17)22-16)20(26)24-6-4-13(5-7-24)18(21)25/h8-9,13H,4-7H2,1-3H3,(H2,21,25). The minimum Gasteiger partial charge on any atom is -0.466 e. The van der Waals surface area contributed by atoms with Crippen LogP contribution < -0.4 is 5.73 Å². The summed E-state index contributed by atoms with van der Waals surface area (Å²) in [5.74, 6) is 0.888. The van der Waals surface area contributed by atoms with Gasteiger partial charge in [-0.15, -0.1) is 0 Å². The highest BCUT2D eigenvalue weighted by molar-refractivity contribution is 6.07. The molecule has 1 aliphatic heterocycles. The van der Waals surface area contributed by atoms with Crippen molar-refractivity contribution in [3.8, 4) is 11.3 Å². The van der Waals surface area contributed by atoms with Crippen LogP contribution >= 0.6 is 0 Å². The molecule has 0 radical (unpaired) electrons. The Morgan fingerprint density at radius 3 is 2.50 bits per heavy atom. The Morgan fingerprint density at radius 1 is 1.18 bits per heavy atom. The Hall–Kier alpha value is -3.16. The lowest BCUT2D eigenvalue weighted by molar-refractivity contribution is -0.123. The number of likely N-dealkylation sites (tertiary alicyclic amines) is 1. The summed E-state index contributed by atoms with van der Waals surface area (Å²) in [6, 6.07) is 3.66. The van der Waals surface area contributed by atoms with Crippen molar-refractivity contribution in [2.75, 3.05) is 13.1 Å². The number of rotatable bonds is 3. The zero-order valence-corrected chi connectivity index (χ0v) is 16.1. The number of aryl methyl sites for hydroxylation is 3. The summed E-state index contributed by atoms with van der Waals surface area (Å²) in [6.07, 6.45) is 1.15. The maximum atomic E-state index is 13.3. The number of aromatic nitrogens is 2. The van der Waals surface area contributed by atoms with Gasteiger partial charge in [-0.1, -0.05) is 5.16 Å². The lowest BCUT2D eigenvalue weighted by Crippen LogP contribution is -2.41. The maximum absolute atomic E-state index is 13.3. The lowest BCUT2D eigenvalue weighted by Gasteiger charge is -2.30. The molecule has 1 fully saturated rings. The average molecular weight is 382 g/mol. The van der Waals surface area contributed by atoms with Crippen molar-refractivity contribution in [2.45, 2.75) is 33.6 Å². The Kier molecular flexibility index (Phi) is 4.41. The van der Waals surface area contributed by atoms with Crippen LogP contribution in [0.4, 0.5) is 0 Å². The minimum atomic E-state index is -0.304. The first-order chi connectivity index (χ1) is 13.3. The van der Waals surface area contributed by atoms with Crippen molar-refractivity contribution in [1.29, 1.82) is 0 Å². The van der Waals surface area contributed by atoms with E-state index in [2.05, 4.69) is 10.1 Å². The van der Waals surface area contributed by atoms with Gasteiger partial charge in [-0.25, -0.2) is 4.98 Å². The summed E-state index contributed by atoms with van der Waals surface area (Å²) in [5, 5.41) is 4.60. The highest BCUT2D eigenvalue weighted by Crippen LogP contribution is 2.31. The molecule has 146 valence electrons. The van der Waals surface area contributed by atoms with Crippen molar-refractivity contribution >= 4 is 22.9 Å². The van der Waals surface area contributed by atoms with Crippen molar-refractivity contribution in [2.24, 2.45) is 11.7 Å². The van der Waals surface area contributed by atoms with Gasteiger partial charge in [0.15, 0.2) is 0 Å². The number of carbonyl (C=O) groups excluding carboxylic acids is 2. The monoisotopic (exact) mass is 382 g/mol. The van der Waals surface area contributed by atoms with Gasteiger partial charge in [-0.2, -0.15) is 0 Å². The molecule has 4 heterocycles. The number of pyridine rings is 1. The molecule has 0 atom stereocenters. The van der Waals surface area contributed by atoms with E-state index in [1.54, 1.807) is 17.9 Å². The molecule has 1 saturated heterocycles. The maximum Gasteiger partial charge on any atom is 0.259 e. The number of primary amides is 1. The first kappa shape index (κ1) is 18.2. The van der Waals surface area contributed by atoms with Crippen molar-refractivity contribution in [1.82, 2.24) is 15.0 Å². The zero-order valence-electron chi connectivity index (χ0n) is 16.1. The second kappa shape index (κ2) is 6.78. The molecule has 3 aromatic rings. The van der Waals surface area contributed by atoms with Crippen LogP contribution in [0.25, 0.3) is 22.4 Å². The Bertz CT molecular complexity index is 1070. The van der Waals surface area contributed by atoms with Crippen molar-refractivity contribution in [3.05, 3.63) is 34.9 Å². The number of hydrogen-bond donors (Lipinski definition) is 1. The summed E-state index contributed by atoms with van der Waals surface area (Å²) < 4.78 is 11.0. The van der Waals surface area contributed by atoms with E-state index in [9.17, 15) is 9.59 Å². The van der Waals surface area contributed by atoms with E-state index in [0.29, 0.717) is 54.0 Å². The summed E-state index contributed by atoms with van der Waals surface area (Å²) >= 11 is 0. The molecule has 1 aliphatic rings. The zero-order chi connectivity index (χ0) is 20.0. The molecular formula is C20H22N4O4. The molecule has 0 bridgehead atoms. The molecule has 28 heavy (non-hydrogen) atoms. The topological polar surface area (TPSA) is 115 Å². The van der Waals surface area contributed by atoms with E-state index >= 15 is 0 Å². The van der Waals surface area contributed by atoms with Crippen molar-refractivity contribution in [3.63, 3.8) is 0 Å². The van der Waals surface area contributed by atoms with Crippen LogP contribution in [0.5, 0.6) is 0 Å². The van der Waals surface area contributed by atoms with E-state index in [1.807, 2.05) is 19.9 Å². The highest BCUT2D eigenvalue weighted by atomic mass is 16.5. The van der Waals surface area contributed by atoms with E-state index in [1.165, 1.54) is 0 Å². The minimum absolute atomic E-state index is 0.124. The third kappa shape index (κ3) is 3.04. The van der Waals surface area contributed by atoms with E-state index in [0.717, 1.165) is 17.1 Å². The molecule has 2 N–H and O–H groups in total. The Balaban J connectivity index is 1.75. The average Bonchev–Trinajstić information content (AvgIpc) is 3.22. The summed E-state index contributed by atoms with van der Waals surface area (Å²) in [6.45, 7) is 6.48. The van der Waals surface area contributed by atoms with Crippen LogP contribution in [0.2, 0.25) is 0 Å². The second-order valence-electron chi connectivity index (χ2n) is 7.30. The third-order valence-electron chi connectivity index (χ3n) is 5.35. The molecule has 0 unspecified atom stereocenters. The van der Waals surface area contributed by atoms with Gasteiger partial charge in [0, 0.05) is 24.6 Å². The molecule has 0 aliphatic carbocycles. The van der Waals surface area contributed by atoms with Gasteiger partial charge < -0.3 is 19.6 Å². The van der Waals surface area contributed by atoms with E-state index in [4.69, 9.17) is 14.7 Å². The van der Waals surface area contributed by atoms with Gasteiger partial charge in [0.05, 0.1) is 22.3 Å². The molecule has 8 heteroatoms. The number of piperidine rings is 1. The number of fused-ring (bicyclic) bond motifs is 1. The van der Waals surface area contributed by atoms with Gasteiger partial charge in [0.2, 0.25) is 5.91 Å². The van der Waals surface area contributed by atoms with Crippen LogP contribution in [0.1, 0.15) is 40.4 Å². The highest BCUT2D eigenvalue weighted by Gasteiger charge is 2.29. The molecule has 2 amide bonds. The first-order valence-corrected chi connectivity index (χ1v) is 9.28. The van der Waals surface area contributed by atoms with Gasteiger partial charge in [-0.05, 0) is 45.7 Å². The summed E-state index contributed by atoms with van der Waals surface area (Å²) in [4.78, 5) is 31.0. The molecule has 0 saturated carbocycles. The number of carbonyl (C=O) groups is 2. The fourth-order valence-electron chi connectivity index (χ4n) is 3.82. The molecule has 0 spiro atoms. The van der Waals surface area contributed by atoms with Crippen LogP contribution in [-0.2, 0) is 4.79 Å².